The van der Waals surface area contributed by atoms with Crippen molar-refractivity contribution >= 4 is 34.5 Å². The van der Waals surface area contributed by atoms with Crippen molar-refractivity contribution in [1.29, 1.82) is 0 Å². The highest BCUT2D eigenvalue weighted by atomic mass is 35.5. The molecule has 114 valence electrons. The minimum absolute atomic E-state index is 0.197. The number of aromatic nitrogens is 4. The van der Waals surface area contributed by atoms with Crippen LogP contribution >= 0.6 is 11.6 Å². The van der Waals surface area contributed by atoms with E-state index in [1.807, 2.05) is 35.9 Å². The standard InChI is InChI=1S/C15H16ClN5O/c1-9-11(16)8-21(19-9)10(2)14(22)18-15-17-12-6-4-5-7-13(12)20(15)3/h4-8,10H,1-3H3,(H,17,18,22). The molecule has 3 rings (SSSR count). The van der Waals surface area contributed by atoms with E-state index < -0.39 is 6.04 Å². The van der Waals surface area contributed by atoms with Crippen LogP contribution in [0.4, 0.5) is 5.95 Å². The highest BCUT2D eigenvalue weighted by molar-refractivity contribution is 6.31. The number of hydrogen-bond acceptors (Lipinski definition) is 3. The van der Waals surface area contributed by atoms with Crippen LogP contribution in [0.15, 0.2) is 30.5 Å². The summed E-state index contributed by atoms with van der Waals surface area (Å²) >= 11 is 5.99. The summed E-state index contributed by atoms with van der Waals surface area (Å²) in [7, 11) is 1.87. The monoisotopic (exact) mass is 317 g/mol. The lowest BCUT2D eigenvalue weighted by Gasteiger charge is -2.12. The molecule has 6 nitrogen and oxygen atoms in total. The second kappa shape index (κ2) is 5.46. The number of benzene rings is 1. The van der Waals surface area contributed by atoms with Crippen LogP contribution in [0.3, 0.4) is 0 Å². The molecule has 1 unspecified atom stereocenters. The molecule has 7 heteroatoms. The number of para-hydroxylation sites is 2. The predicted octanol–water partition coefficient (Wildman–Crippen LogP) is 2.93. The Bertz CT molecular complexity index is 831. The van der Waals surface area contributed by atoms with Crippen LogP contribution in [0.25, 0.3) is 11.0 Å². The zero-order valence-corrected chi connectivity index (χ0v) is 13.3. The van der Waals surface area contributed by atoms with Gasteiger partial charge in [-0.3, -0.25) is 14.8 Å². The maximum Gasteiger partial charge on any atom is 0.251 e. The number of nitrogens with one attached hydrogen (secondary N) is 1. The fourth-order valence-corrected chi connectivity index (χ4v) is 2.39. The molecule has 0 saturated heterocycles. The lowest BCUT2D eigenvalue weighted by Crippen LogP contribution is -2.25. The number of hydrogen-bond donors (Lipinski definition) is 1. The Kier molecular flexibility index (Phi) is 3.62. The van der Waals surface area contributed by atoms with E-state index in [9.17, 15) is 4.79 Å². The third kappa shape index (κ3) is 2.46. The largest absolute Gasteiger partial charge is 0.313 e. The first-order valence-corrected chi connectivity index (χ1v) is 7.28. The van der Waals surface area contributed by atoms with E-state index in [4.69, 9.17) is 11.6 Å². The normalized spacial score (nSPS) is 12.5. The molecule has 0 fully saturated rings. The van der Waals surface area contributed by atoms with Gasteiger partial charge in [0.15, 0.2) is 0 Å². The number of rotatable bonds is 3. The number of aryl methyl sites for hydroxylation is 2. The lowest BCUT2D eigenvalue weighted by atomic mass is 10.3. The van der Waals surface area contributed by atoms with Crippen molar-refractivity contribution in [2.45, 2.75) is 19.9 Å². The number of carbonyl (C=O) groups excluding carboxylic acids is 1. The molecular formula is C15H16ClN5O. The second-order valence-corrected chi connectivity index (χ2v) is 5.60. The van der Waals surface area contributed by atoms with Gasteiger partial charge in [0.2, 0.25) is 5.95 Å². The smallest absolute Gasteiger partial charge is 0.251 e. The zero-order valence-electron chi connectivity index (χ0n) is 12.5. The summed E-state index contributed by atoms with van der Waals surface area (Å²) in [6, 6.07) is 7.24. The van der Waals surface area contributed by atoms with Crippen LogP contribution in [-0.2, 0) is 11.8 Å². The SMILES string of the molecule is Cc1nn(C(C)C(=O)Nc2nc3ccccc3n2C)cc1Cl. The van der Waals surface area contributed by atoms with Gasteiger partial charge in [-0.15, -0.1) is 0 Å². The highest BCUT2D eigenvalue weighted by Gasteiger charge is 2.19. The van der Waals surface area contributed by atoms with Crippen LogP contribution in [-0.4, -0.2) is 25.2 Å². The Morgan fingerprint density at radius 2 is 2.09 bits per heavy atom. The number of amides is 1. The predicted molar refractivity (Wildman–Crippen MR) is 86.0 cm³/mol. The number of halogens is 1. The number of fused-ring (bicyclic) bond motifs is 1. The van der Waals surface area contributed by atoms with E-state index in [0.29, 0.717) is 16.7 Å². The van der Waals surface area contributed by atoms with Gasteiger partial charge in [-0.2, -0.15) is 5.10 Å². The van der Waals surface area contributed by atoms with Gasteiger partial charge in [0.1, 0.15) is 6.04 Å². The molecule has 0 radical (unpaired) electrons. The Morgan fingerprint density at radius 3 is 2.73 bits per heavy atom. The van der Waals surface area contributed by atoms with E-state index >= 15 is 0 Å². The summed E-state index contributed by atoms with van der Waals surface area (Å²) < 4.78 is 3.40. The van der Waals surface area contributed by atoms with Crippen molar-refractivity contribution < 1.29 is 4.79 Å². The summed E-state index contributed by atoms with van der Waals surface area (Å²) in [5, 5.41) is 7.61. The first kappa shape index (κ1) is 14.6. The maximum atomic E-state index is 12.4. The van der Waals surface area contributed by atoms with Crippen molar-refractivity contribution in [3.05, 3.63) is 41.2 Å². The number of anilines is 1. The molecule has 2 heterocycles. The Morgan fingerprint density at radius 1 is 1.36 bits per heavy atom. The summed E-state index contributed by atoms with van der Waals surface area (Å²) in [6.07, 6.45) is 1.65. The minimum atomic E-state index is -0.481. The number of nitrogens with zero attached hydrogens (tertiary/aromatic N) is 4. The summed E-state index contributed by atoms with van der Waals surface area (Å²) in [5.41, 5.74) is 2.50. The molecule has 1 aromatic carbocycles. The fraction of sp³-hybridized carbons (Fsp3) is 0.267. The number of carbonyl (C=O) groups is 1. The quantitative estimate of drug-likeness (QED) is 0.807. The lowest BCUT2D eigenvalue weighted by molar-refractivity contribution is -0.119. The molecule has 0 aliphatic rings. The van der Waals surface area contributed by atoms with Gasteiger partial charge >= 0.3 is 0 Å². The van der Waals surface area contributed by atoms with Gasteiger partial charge in [-0.1, -0.05) is 23.7 Å². The van der Waals surface area contributed by atoms with Gasteiger partial charge in [0.05, 0.1) is 21.7 Å². The molecule has 0 bridgehead atoms. The van der Waals surface area contributed by atoms with Gasteiger partial charge in [-0.05, 0) is 26.0 Å². The molecule has 1 atom stereocenters. The Labute approximate surface area is 132 Å². The molecule has 0 saturated carbocycles. The van der Waals surface area contributed by atoms with Gasteiger partial charge in [0.25, 0.3) is 5.91 Å². The van der Waals surface area contributed by atoms with Crippen LogP contribution < -0.4 is 5.32 Å². The van der Waals surface area contributed by atoms with E-state index in [0.717, 1.165) is 11.0 Å². The van der Waals surface area contributed by atoms with Crippen molar-refractivity contribution in [3.8, 4) is 0 Å². The van der Waals surface area contributed by atoms with E-state index in [1.165, 1.54) is 0 Å². The van der Waals surface area contributed by atoms with Gasteiger partial charge in [0, 0.05) is 13.2 Å². The first-order valence-electron chi connectivity index (χ1n) is 6.91. The van der Waals surface area contributed by atoms with Crippen LogP contribution in [0.5, 0.6) is 0 Å². The van der Waals surface area contributed by atoms with Crippen LogP contribution in [0.1, 0.15) is 18.7 Å². The Hall–Kier alpha value is -2.34. The third-order valence-corrected chi connectivity index (χ3v) is 4.03. The molecule has 22 heavy (non-hydrogen) atoms. The van der Waals surface area contributed by atoms with E-state index in [1.54, 1.807) is 24.7 Å². The van der Waals surface area contributed by atoms with Crippen molar-refractivity contribution in [2.24, 2.45) is 7.05 Å². The minimum Gasteiger partial charge on any atom is -0.313 e. The maximum absolute atomic E-state index is 12.4. The van der Waals surface area contributed by atoms with Crippen molar-refractivity contribution in [1.82, 2.24) is 19.3 Å². The average Bonchev–Trinajstić information content (AvgIpc) is 3.00. The summed E-state index contributed by atoms with van der Waals surface area (Å²) in [5.74, 6) is 0.311. The molecule has 0 aliphatic heterocycles. The van der Waals surface area contributed by atoms with Crippen molar-refractivity contribution in [2.75, 3.05) is 5.32 Å². The topological polar surface area (TPSA) is 64.7 Å². The van der Waals surface area contributed by atoms with Gasteiger partial charge < -0.3 is 4.57 Å². The first-order chi connectivity index (χ1) is 10.5. The zero-order chi connectivity index (χ0) is 15.9. The molecule has 0 aliphatic carbocycles. The fourth-order valence-electron chi connectivity index (χ4n) is 2.25. The number of imidazole rings is 1. The molecular weight excluding hydrogens is 302 g/mol. The Balaban J connectivity index is 1.85. The molecule has 0 spiro atoms. The molecule has 1 amide bonds. The van der Waals surface area contributed by atoms with Crippen molar-refractivity contribution in [3.63, 3.8) is 0 Å². The van der Waals surface area contributed by atoms with E-state index in [-0.39, 0.29) is 5.91 Å². The average molecular weight is 318 g/mol. The van der Waals surface area contributed by atoms with E-state index in [2.05, 4.69) is 15.4 Å². The third-order valence-electron chi connectivity index (χ3n) is 3.66. The summed E-state index contributed by atoms with van der Waals surface area (Å²) in [6.45, 7) is 3.57. The molecule has 1 N–H and O–H groups in total. The molecule has 3 aromatic rings. The van der Waals surface area contributed by atoms with Crippen LogP contribution in [0, 0.1) is 6.92 Å². The molecule has 2 aromatic heterocycles. The summed E-state index contributed by atoms with van der Waals surface area (Å²) in [4.78, 5) is 16.8. The highest BCUT2D eigenvalue weighted by Crippen LogP contribution is 2.20. The second-order valence-electron chi connectivity index (χ2n) is 5.19. The van der Waals surface area contributed by atoms with Crippen LogP contribution in [0.2, 0.25) is 5.02 Å². The van der Waals surface area contributed by atoms with Gasteiger partial charge in [-0.25, -0.2) is 4.98 Å².